The number of benzene rings is 1. The predicted molar refractivity (Wildman–Crippen MR) is 116 cm³/mol. The number of nitrogens with zero attached hydrogens (tertiary/aromatic N) is 2. The Morgan fingerprint density at radius 3 is 2.86 bits per heavy atom. The second-order valence-corrected chi connectivity index (χ2v) is 8.04. The van der Waals surface area contributed by atoms with E-state index in [4.69, 9.17) is 28.6 Å². The van der Waals surface area contributed by atoms with Crippen LogP contribution in [0.2, 0.25) is 5.02 Å². The lowest BCUT2D eigenvalue weighted by Crippen LogP contribution is -2.21. The van der Waals surface area contributed by atoms with Crippen LogP contribution >= 0.6 is 35.2 Å². The van der Waals surface area contributed by atoms with Crippen molar-refractivity contribution in [3.63, 3.8) is 0 Å². The first-order valence-corrected chi connectivity index (χ1v) is 10.4. The summed E-state index contributed by atoms with van der Waals surface area (Å²) in [6.07, 6.45) is 3.62. The molecule has 2 heterocycles. The fourth-order valence-corrected chi connectivity index (χ4v) is 4.19. The number of thiazole rings is 1. The normalized spacial score (nSPS) is 12.1. The van der Waals surface area contributed by atoms with Crippen LogP contribution in [0.1, 0.15) is 28.8 Å². The second-order valence-electron chi connectivity index (χ2n) is 6.13. The predicted octanol–water partition coefficient (Wildman–Crippen LogP) is 4.18. The standard InChI is InChI=1S/C19H21ClN4O2S2/c1-3-26-9-8-21-18-22-10-15(28-18)16(12-4-6-13(20)7-5-12)14-11-24(2)19(25)23-17(14)27/h4-7,10-11,16H,3,8-9H2,1-2H3,(H,21,22)(H,23,25,27). The molecule has 0 fully saturated rings. The van der Waals surface area contributed by atoms with Gasteiger partial charge in [-0.15, -0.1) is 11.3 Å². The summed E-state index contributed by atoms with van der Waals surface area (Å²) >= 11 is 13.1. The minimum atomic E-state index is -0.244. The minimum Gasteiger partial charge on any atom is -0.380 e. The van der Waals surface area contributed by atoms with Crippen LogP contribution in [0.4, 0.5) is 5.13 Å². The Morgan fingerprint density at radius 1 is 1.39 bits per heavy atom. The maximum Gasteiger partial charge on any atom is 0.326 e. The van der Waals surface area contributed by atoms with E-state index in [1.807, 2.05) is 37.4 Å². The monoisotopic (exact) mass is 436 g/mol. The summed E-state index contributed by atoms with van der Waals surface area (Å²) in [4.78, 5) is 20.1. The number of anilines is 1. The summed E-state index contributed by atoms with van der Waals surface area (Å²) in [5.41, 5.74) is 1.61. The van der Waals surface area contributed by atoms with Crippen molar-refractivity contribution >= 4 is 40.3 Å². The molecule has 0 aliphatic rings. The number of aromatic amines is 1. The van der Waals surface area contributed by atoms with E-state index in [0.29, 0.717) is 29.4 Å². The number of halogens is 1. The fourth-order valence-electron chi connectivity index (χ4n) is 2.82. The number of ether oxygens (including phenoxy) is 1. The molecule has 1 atom stereocenters. The Morgan fingerprint density at radius 2 is 2.14 bits per heavy atom. The average molecular weight is 437 g/mol. The molecule has 3 rings (SSSR count). The Kier molecular flexibility index (Phi) is 7.01. The van der Waals surface area contributed by atoms with Crippen LogP contribution in [0.5, 0.6) is 0 Å². The van der Waals surface area contributed by atoms with E-state index < -0.39 is 0 Å². The topological polar surface area (TPSA) is 71.9 Å². The molecule has 0 aliphatic heterocycles. The number of nitrogens with one attached hydrogen (secondary N) is 2. The largest absolute Gasteiger partial charge is 0.380 e. The van der Waals surface area contributed by atoms with Crippen molar-refractivity contribution in [2.24, 2.45) is 7.05 Å². The van der Waals surface area contributed by atoms with Crippen molar-refractivity contribution in [1.29, 1.82) is 0 Å². The van der Waals surface area contributed by atoms with Crippen molar-refractivity contribution in [2.75, 3.05) is 25.1 Å². The minimum absolute atomic E-state index is 0.159. The highest BCUT2D eigenvalue weighted by Gasteiger charge is 2.22. The molecule has 0 aliphatic carbocycles. The number of hydrogen-bond acceptors (Lipinski definition) is 6. The van der Waals surface area contributed by atoms with E-state index in [-0.39, 0.29) is 11.6 Å². The van der Waals surface area contributed by atoms with Gasteiger partial charge in [0, 0.05) is 54.0 Å². The zero-order valence-electron chi connectivity index (χ0n) is 15.6. The molecular formula is C19H21ClN4O2S2. The molecular weight excluding hydrogens is 416 g/mol. The average Bonchev–Trinajstić information content (AvgIpc) is 3.13. The van der Waals surface area contributed by atoms with E-state index in [1.54, 1.807) is 24.6 Å². The van der Waals surface area contributed by atoms with E-state index in [1.165, 1.54) is 4.57 Å². The van der Waals surface area contributed by atoms with Gasteiger partial charge in [0.25, 0.3) is 0 Å². The van der Waals surface area contributed by atoms with E-state index in [0.717, 1.165) is 21.1 Å². The summed E-state index contributed by atoms with van der Waals surface area (Å²) in [5, 5.41) is 4.75. The molecule has 0 bridgehead atoms. The quantitative estimate of drug-likeness (QED) is 0.409. The van der Waals surface area contributed by atoms with Crippen LogP contribution in [0.15, 0.2) is 41.5 Å². The van der Waals surface area contributed by atoms with Gasteiger partial charge in [-0.25, -0.2) is 9.78 Å². The molecule has 0 saturated carbocycles. The Bertz CT molecular complexity index is 1040. The molecule has 148 valence electrons. The summed E-state index contributed by atoms with van der Waals surface area (Å²) < 4.78 is 7.27. The van der Waals surface area contributed by atoms with Crippen LogP contribution in [0.3, 0.4) is 0 Å². The van der Waals surface area contributed by atoms with Crippen molar-refractivity contribution in [1.82, 2.24) is 14.5 Å². The van der Waals surface area contributed by atoms with Crippen molar-refractivity contribution in [3.05, 3.63) is 72.8 Å². The van der Waals surface area contributed by atoms with Crippen molar-refractivity contribution in [2.45, 2.75) is 12.8 Å². The summed E-state index contributed by atoms with van der Waals surface area (Å²) in [5.74, 6) is -0.159. The van der Waals surface area contributed by atoms with Gasteiger partial charge in [-0.05, 0) is 24.6 Å². The molecule has 0 spiro atoms. The van der Waals surface area contributed by atoms with Gasteiger partial charge in [0.2, 0.25) is 0 Å². The molecule has 3 aromatic rings. The zero-order chi connectivity index (χ0) is 20.1. The fraction of sp³-hybridized carbons (Fsp3) is 0.316. The first kappa shape index (κ1) is 20.7. The smallest absolute Gasteiger partial charge is 0.326 e. The lowest BCUT2D eigenvalue weighted by molar-refractivity contribution is 0.158. The zero-order valence-corrected chi connectivity index (χ0v) is 18.0. The molecule has 1 aromatic carbocycles. The highest BCUT2D eigenvalue weighted by atomic mass is 35.5. The van der Waals surface area contributed by atoms with Crippen molar-refractivity contribution < 1.29 is 4.74 Å². The summed E-state index contributed by atoms with van der Waals surface area (Å²) in [6, 6.07) is 7.63. The maximum atomic E-state index is 11.9. The lowest BCUT2D eigenvalue weighted by atomic mass is 9.92. The third-order valence-electron chi connectivity index (χ3n) is 4.18. The third kappa shape index (κ3) is 4.88. The highest BCUT2D eigenvalue weighted by Crippen LogP contribution is 2.36. The molecule has 1 unspecified atom stereocenters. The molecule has 0 amide bonds. The number of aromatic nitrogens is 3. The van der Waals surface area contributed by atoms with Crippen molar-refractivity contribution in [3.8, 4) is 0 Å². The number of hydrogen-bond donors (Lipinski definition) is 2. The third-order valence-corrected chi connectivity index (χ3v) is 5.79. The highest BCUT2D eigenvalue weighted by molar-refractivity contribution is 7.71. The molecule has 9 heteroatoms. The molecule has 6 nitrogen and oxygen atoms in total. The Labute approximate surface area is 177 Å². The van der Waals surface area contributed by atoms with Gasteiger partial charge < -0.3 is 14.6 Å². The van der Waals surface area contributed by atoms with Crippen LogP contribution in [0, 0.1) is 4.64 Å². The molecule has 2 N–H and O–H groups in total. The Hall–Kier alpha value is -2.00. The molecule has 28 heavy (non-hydrogen) atoms. The number of H-pyrrole nitrogens is 1. The van der Waals surface area contributed by atoms with Gasteiger partial charge in [0.05, 0.1) is 6.61 Å². The van der Waals surface area contributed by atoms with Gasteiger partial charge in [-0.3, -0.25) is 4.98 Å². The van der Waals surface area contributed by atoms with E-state index in [9.17, 15) is 4.79 Å². The number of aryl methyl sites for hydroxylation is 1. The van der Waals surface area contributed by atoms with E-state index >= 15 is 0 Å². The summed E-state index contributed by atoms with van der Waals surface area (Å²) in [6.45, 7) is 3.97. The van der Waals surface area contributed by atoms with Crippen LogP contribution in [0.25, 0.3) is 0 Å². The SMILES string of the molecule is CCOCCNc1ncc(C(c2ccc(Cl)cc2)c2cn(C)c(=O)[nH]c2=S)s1. The molecule has 0 saturated heterocycles. The van der Waals surface area contributed by atoms with Gasteiger partial charge in [-0.1, -0.05) is 36.0 Å². The van der Waals surface area contributed by atoms with Gasteiger partial charge in [0.15, 0.2) is 5.13 Å². The van der Waals surface area contributed by atoms with Gasteiger partial charge >= 0.3 is 5.69 Å². The van der Waals surface area contributed by atoms with Crippen LogP contribution in [-0.4, -0.2) is 34.3 Å². The summed E-state index contributed by atoms with van der Waals surface area (Å²) in [7, 11) is 1.70. The maximum absolute atomic E-state index is 11.9. The Balaban J connectivity index is 1.99. The first-order chi connectivity index (χ1) is 13.5. The number of rotatable bonds is 8. The van der Waals surface area contributed by atoms with Crippen LogP contribution < -0.4 is 11.0 Å². The second kappa shape index (κ2) is 9.47. The first-order valence-electron chi connectivity index (χ1n) is 8.82. The lowest BCUT2D eigenvalue weighted by Gasteiger charge is -2.17. The van der Waals surface area contributed by atoms with Crippen LogP contribution in [-0.2, 0) is 11.8 Å². The van der Waals surface area contributed by atoms with Gasteiger partial charge in [-0.2, -0.15) is 0 Å². The molecule has 2 aromatic heterocycles. The molecule has 0 radical (unpaired) electrons. The van der Waals surface area contributed by atoms with E-state index in [2.05, 4.69) is 15.3 Å². The van der Waals surface area contributed by atoms with Gasteiger partial charge in [0.1, 0.15) is 4.64 Å².